The lowest BCUT2D eigenvalue weighted by Crippen LogP contribution is -2.22. The van der Waals surface area contributed by atoms with Crippen molar-refractivity contribution in [3.63, 3.8) is 0 Å². The molecule has 3 N–H and O–H groups in total. The number of guanidine groups is 1. The zero-order valence-corrected chi connectivity index (χ0v) is 12.8. The van der Waals surface area contributed by atoms with Crippen LogP contribution in [0.25, 0.3) is 0 Å². The monoisotopic (exact) mass is 295 g/mol. The molecular formula is C18H21N3O. The maximum Gasteiger partial charge on any atom is 0.193 e. The van der Waals surface area contributed by atoms with E-state index in [1.54, 1.807) is 7.11 Å². The molecular weight excluding hydrogens is 274 g/mol. The highest BCUT2D eigenvalue weighted by molar-refractivity contribution is 5.92. The van der Waals surface area contributed by atoms with Crippen LogP contribution in [0.5, 0.6) is 5.75 Å². The molecule has 0 atom stereocenters. The second-order valence-electron chi connectivity index (χ2n) is 5.52. The summed E-state index contributed by atoms with van der Waals surface area (Å²) in [6, 6.07) is 14.3. The smallest absolute Gasteiger partial charge is 0.193 e. The van der Waals surface area contributed by atoms with Gasteiger partial charge in [-0.2, -0.15) is 0 Å². The molecule has 0 amide bonds. The number of anilines is 1. The highest BCUT2D eigenvalue weighted by atomic mass is 16.5. The van der Waals surface area contributed by atoms with Crippen LogP contribution >= 0.6 is 0 Å². The lowest BCUT2D eigenvalue weighted by atomic mass is 10.1. The SMILES string of the molecule is COc1cccc(CN=C(N)Nc2ccc3c(c2)CCC3)c1. The number of aliphatic imine (C=N–C) groups is 1. The van der Waals surface area contributed by atoms with Gasteiger partial charge in [0.2, 0.25) is 0 Å². The number of nitrogens with one attached hydrogen (secondary N) is 1. The average Bonchev–Trinajstić information content (AvgIpc) is 3.01. The van der Waals surface area contributed by atoms with Crippen molar-refractivity contribution >= 4 is 11.6 Å². The van der Waals surface area contributed by atoms with E-state index in [1.165, 1.54) is 24.0 Å². The Kier molecular flexibility index (Phi) is 4.28. The lowest BCUT2D eigenvalue weighted by Gasteiger charge is -2.08. The van der Waals surface area contributed by atoms with Gasteiger partial charge in [0, 0.05) is 5.69 Å². The van der Waals surface area contributed by atoms with Gasteiger partial charge in [-0.05, 0) is 60.2 Å². The lowest BCUT2D eigenvalue weighted by molar-refractivity contribution is 0.414. The third-order valence-electron chi connectivity index (χ3n) is 3.94. The number of nitrogens with two attached hydrogens (primary N) is 1. The van der Waals surface area contributed by atoms with E-state index in [9.17, 15) is 0 Å². The Morgan fingerprint density at radius 2 is 2.05 bits per heavy atom. The minimum atomic E-state index is 0.431. The fourth-order valence-corrected chi connectivity index (χ4v) is 2.78. The molecule has 4 heteroatoms. The molecule has 0 radical (unpaired) electrons. The standard InChI is InChI=1S/C18H21N3O/c1-22-17-7-2-4-13(10-17)12-20-18(19)21-16-9-8-14-5-3-6-15(14)11-16/h2,4,7-11H,3,5-6,12H2,1H3,(H3,19,20,21). The fraction of sp³-hybridized carbons (Fsp3) is 0.278. The first-order chi connectivity index (χ1) is 10.7. The number of rotatable bonds is 4. The molecule has 0 saturated carbocycles. The van der Waals surface area contributed by atoms with E-state index < -0.39 is 0 Å². The van der Waals surface area contributed by atoms with Gasteiger partial charge in [0.05, 0.1) is 13.7 Å². The zero-order chi connectivity index (χ0) is 15.4. The van der Waals surface area contributed by atoms with Gasteiger partial charge in [0.15, 0.2) is 5.96 Å². The second-order valence-corrected chi connectivity index (χ2v) is 5.52. The Balaban J connectivity index is 1.64. The van der Waals surface area contributed by atoms with E-state index >= 15 is 0 Å². The van der Waals surface area contributed by atoms with Crippen LogP contribution in [0.15, 0.2) is 47.5 Å². The molecule has 114 valence electrons. The van der Waals surface area contributed by atoms with Crippen molar-refractivity contribution in [1.29, 1.82) is 0 Å². The van der Waals surface area contributed by atoms with Gasteiger partial charge in [-0.3, -0.25) is 0 Å². The van der Waals surface area contributed by atoms with Crippen molar-refractivity contribution in [3.05, 3.63) is 59.2 Å². The molecule has 0 unspecified atom stereocenters. The number of ether oxygens (including phenoxy) is 1. The van der Waals surface area contributed by atoms with Crippen LogP contribution < -0.4 is 15.8 Å². The quantitative estimate of drug-likeness (QED) is 0.673. The third-order valence-corrected chi connectivity index (χ3v) is 3.94. The molecule has 2 aromatic rings. The van der Waals surface area contributed by atoms with Crippen LogP contribution in [-0.4, -0.2) is 13.1 Å². The minimum Gasteiger partial charge on any atom is -0.497 e. The number of methoxy groups -OCH3 is 1. The number of nitrogens with zero attached hydrogens (tertiary/aromatic N) is 1. The van der Waals surface area contributed by atoms with Gasteiger partial charge in [-0.25, -0.2) is 4.99 Å². The van der Waals surface area contributed by atoms with Crippen molar-refractivity contribution < 1.29 is 4.74 Å². The van der Waals surface area contributed by atoms with Crippen molar-refractivity contribution in [3.8, 4) is 5.75 Å². The highest BCUT2D eigenvalue weighted by Crippen LogP contribution is 2.24. The Morgan fingerprint density at radius 3 is 2.91 bits per heavy atom. The van der Waals surface area contributed by atoms with E-state index in [2.05, 4.69) is 28.5 Å². The molecule has 1 aliphatic carbocycles. The minimum absolute atomic E-state index is 0.431. The van der Waals surface area contributed by atoms with Gasteiger partial charge in [-0.1, -0.05) is 18.2 Å². The summed E-state index contributed by atoms with van der Waals surface area (Å²) in [6.07, 6.45) is 3.60. The largest absolute Gasteiger partial charge is 0.497 e. The number of fused-ring (bicyclic) bond motifs is 1. The summed E-state index contributed by atoms with van der Waals surface area (Å²) < 4.78 is 5.20. The van der Waals surface area contributed by atoms with E-state index in [0.29, 0.717) is 12.5 Å². The first-order valence-corrected chi connectivity index (χ1v) is 7.56. The summed E-state index contributed by atoms with van der Waals surface area (Å²) in [7, 11) is 1.66. The summed E-state index contributed by atoms with van der Waals surface area (Å²) in [5, 5.41) is 3.17. The molecule has 0 bridgehead atoms. The molecule has 4 nitrogen and oxygen atoms in total. The zero-order valence-electron chi connectivity index (χ0n) is 12.8. The third kappa shape index (κ3) is 3.39. The normalized spacial score (nSPS) is 13.8. The summed E-state index contributed by atoms with van der Waals surface area (Å²) in [4.78, 5) is 4.39. The summed E-state index contributed by atoms with van der Waals surface area (Å²) in [6.45, 7) is 0.529. The van der Waals surface area contributed by atoms with Gasteiger partial charge in [0.25, 0.3) is 0 Å². The first-order valence-electron chi connectivity index (χ1n) is 7.56. The predicted molar refractivity (Wildman–Crippen MR) is 90.4 cm³/mol. The maximum atomic E-state index is 5.98. The van der Waals surface area contributed by atoms with Crippen LogP contribution in [0.2, 0.25) is 0 Å². The topological polar surface area (TPSA) is 59.6 Å². The molecule has 2 aromatic carbocycles. The number of hydrogen-bond acceptors (Lipinski definition) is 2. The van der Waals surface area contributed by atoms with Gasteiger partial charge in [0.1, 0.15) is 5.75 Å². The average molecular weight is 295 g/mol. The molecule has 0 aliphatic heterocycles. The van der Waals surface area contributed by atoms with Crippen LogP contribution in [0.4, 0.5) is 5.69 Å². The number of benzene rings is 2. The number of aryl methyl sites for hydroxylation is 2. The molecule has 22 heavy (non-hydrogen) atoms. The molecule has 0 heterocycles. The van der Waals surface area contributed by atoms with Crippen LogP contribution in [0.1, 0.15) is 23.1 Å². The van der Waals surface area contributed by atoms with Crippen LogP contribution in [0, 0.1) is 0 Å². The molecule has 0 saturated heterocycles. The summed E-state index contributed by atoms with van der Waals surface area (Å²) in [5.74, 6) is 1.26. The van der Waals surface area contributed by atoms with E-state index in [-0.39, 0.29) is 0 Å². The van der Waals surface area contributed by atoms with Crippen molar-refractivity contribution in [2.24, 2.45) is 10.7 Å². The molecule has 0 aromatic heterocycles. The Bertz CT molecular complexity index is 694. The van der Waals surface area contributed by atoms with Crippen LogP contribution in [-0.2, 0) is 19.4 Å². The van der Waals surface area contributed by atoms with E-state index in [0.717, 1.165) is 23.4 Å². The van der Waals surface area contributed by atoms with Crippen LogP contribution in [0.3, 0.4) is 0 Å². The molecule has 0 spiro atoms. The second kappa shape index (κ2) is 6.52. The van der Waals surface area contributed by atoms with E-state index in [1.807, 2.05) is 24.3 Å². The molecule has 1 aliphatic rings. The number of hydrogen-bond donors (Lipinski definition) is 2. The van der Waals surface area contributed by atoms with Gasteiger partial charge in [-0.15, -0.1) is 0 Å². The van der Waals surface area contributed by atoms with Crippen molar-refractivity contribution in [2.75, 3.05) is 12.4 Å². The van der Waals surface area contributed by atoms with Gasteiger partial charge >= 0.3 is 0 Å². The maximum absolute atomic E-state index is 5.98. The van der Waals surface area contributed by atoms with Crippen molar-refractivity contribution in [1.82, 2.24) is 0 Å². The van der Waals surface area contributed by atoms with Gasteiger partial charge < -0.3 is 15.8 Å². The summed E-state index contributed by atoms with van der Waals surface area (Å²) >= 11 is 0. The summed E-state index contributed by atoms with van der Waals surface area (Å²) in [5.41, 5.74) is 10.9. The Hall–Kier alpha value is -2.49. The fourth-order valence-electron chi connectivity index (χ4n) is 2.78. The highest BCUT2D eigenvalue weighted by Gasteiger charge is 2.10. The van der Waals surface area contributed by atoms with E-state index in [4.69, 9.17) is 10.5 Å². The molecule has 3 rings (SSSR count). The van der Waals surface area contributed by atoms with Crippen molar-refractivity contribution in [2.45, 2.75) is 25.8 Å². The Morgan fingerprint density at radius 1 is 1.18 bits per heavy atom. The first kappa shape index (κ1) is 14.4. The Labute approximate surface area is 131 Å². The molecule has 0 fully saturated rings. The predicted octanol–water partition coefficient (Wildman–Crippen LogP) is 3.11.